The zero-order valence-corrected chi connectivity index (χ0v) is 19.7. The molecule has 0 unspecified atom stereocenters. The maximum Gasteiger partial charge on any atom is 0.238 e. The second-order valence-corrected chi connectivity index (χ2v) is 7.11. The van der Waals surface area contributed by atoms with Crippen molar-refractivity contribution in [1.82, 2.24) is 9.80 Å². The Morgan fingerprint density at radius 1 is 0.931 bits per heavy atom. The first-order valence-corrected chi connectivity index (χ1v) is 9.94. The largest absolute Gasteiger partial charge is 0.323 e. The molecule has 0 atom stereocenters. The molecule has 0 aliphatic rings. The van der Waals surface area contributed by atoms with E-state index in [-0.39, 0.29) is 30.7 Å². The SMILES string of the molecule is CCN(CC)CCN(CC(=O)Nc1c(C)cccc1Cl)Cc1ccccc1.Cl.Cl. The third kappa shape index (κ3) is 9.37. The molecule has 2 aromatic carbocycles. The molecule has 0 aromatic heterocycles. The number of hydrogen-bond donors (Lipinski definition) is 1. The van der Waals surface area contributed by atoms with Crippen LogP contribution >= 0.6 is 36.4 Å². The first kappa shape index (κ1) is 27.7. The van der Waals surface area contributed by atoms with Crippen molar-refractivity contribution in [3.8, 4) is 0 Å². The van der Waals surface area contributed by atoms with Gasteiger partial charge in [0, 0.05) is 19.6 Å². The summed E-state index contributed by atoms with van der Waals surface area (Å²) in [7, 11) is 0. The van der Waals surface area contributed by atoms with E-state index in [1.807, 2.05) is 37.3 Å². The van der Waals surface area contributed by atoms with Crippen molar-refractivity contribution in [2.24, 2.45) is 0 Å². The van der Waals surface area contributed by atoms with Crippen LogP contribution in [0, 0.1) is 6.92 Å². The number of halogens is 3. The van der Waals surface area contributed by atoms with Gasteiger partial charge in [0.25, 0.3) is 0 Å². The summed E-state index contributed by atoms with van der Waals surface area (Å²) in [5.41, 5.74) is 2.87. The van der Waals surface area contributed by atoms with Gasteiger partial charge in [-0.1, -0.05) is 67.9 Å². The summed E-state index contributed by atoms with van der Waals surface area (Å²) in [6.45, 7) is 11.2. The second-order valence-electron chi connectivity index (χ2n) is 6.70. The molecule has 1 N–H and O–H groups in total. The van der Waals surface area contributed by atoms with E-state index in [2.05, 4.69) is 41.1 Å². The van der Waals surface area contributed by atoms with E-state index in [0.717, 1.165) is 38.3 Å². The Morgan fingerprint density at radius 3 is 2.14 bits per heavy atom. The van der Waals surface area contributed by atoms with Gasteiger partial charge < -0.3 is 10.2 Å². The van der Waals surface area contributed by atoms with Gasteiger partial charge in [0.1, 0.15) is 0 Å². The lowest BCUT2D eigenvalue weighted by Gasteiger charge is -2.26. The normalized spacial score (nSPS) is 10.4. The summed E-state index contributed by atoms with van der Waals surface area (Å²) in [4.78, 5) is 17.2. The van der Waals surface area contributed by atoms with E-state index in [0.29, 0.717) is 17.3 Å². The van der Waals surface area contributed by atoms with E-state index in [4.69, 9.17) is 11.6 Å². The number of rotatable bonds is 10. The molecule has 0 saturated heterocycles. The first-order chi connectivity index (χ1) is 13.0. The summed E-state index contributed by atoms with van der Waals surface area (Å²) in [6, 6.07) is 15.9. The number of para-hydroxylation sites is 1. The second kappa shape index (κ2) is 14.6. The number of likely N-dealkylation sites (N-methyl/N-ethyl adjacent to an activating group) is 1. The summed E-state index contributed by atoms with van der Waals surface area (Å²) in [5, 5.41) is 3.55. The highest BCUT2D eigenvalue weighted by Gasteiger charge is 2.15. The van der Waals surface area contributed by atoms with Crippen LogP contribution in [-0.4, -0.2) is 48.4 Å². The van der Waals surface area contributed by atoms with Crippen molar-refractivity contribution in [3.63, 3.8) is 0 Å². The topological polar surface area (TPSA) is 35.6 Å². The van der Waals surface area contributed by atoms with E-state index < -0.39 is 0 Å². The predicted octanol–water partition coefficient (Wildman–Crippen LogP) is 5.27. The van der Waals surface area contributed by atoms with Gasteiger partial charge in [-0.25, -0.2) is 0 Å². The molecule has 0 aliphatic heterocycles. The van der Waals surface area contributed by atoms with Gasteiger partial charge in [0.2, 0.25) is 5.91 Å². The van der Waals surface area contributed by atoms with Gasteiger partial charge in [-0.3, -0.25) is 9.69 Å². The molecule has 4 nitrogen and oxygen atoms in total. The van der Waals surface area contributed by atoms with Crippen LogP contribution in [-0.2, 0) is 11.3 Å². The monoisotopic (exact) mass is 459 g/mol. The number of carbonyl (C=O) groups excluding carboxylic acids is 1. The standard InChI is InChI=1S/C22H30ClN3O.2ClH/c1-4-25(5-2)14-15-26(16-19-11-7-6-8-12-19)17-21(27)24-22-18(3)10-9-13-20(22)23;;/h6-13H,4-5,14-17H2,1-3H3,(H,24,27);2*1H. The van der Waals surface area contributed by atoms with E-state index in [1.165, 1.54) is 5.56 Å². The van der Waals surface area contributed by atoms with Crippen LogP contribution in [0.5, 0.6) is 0 Å². The number of anilines is 1. The summed E-state index contributed by atoms with van der Waals surface area (Å²) >= 11 is 6.25. The Balaban J connectivity index is 0.00000392. The van der Waals surface area contributed by atoms with Gasteiger partial charge in [0.05, 0.1) is 17.3 Å². The maximum atomic E-state index is 12.7. The van der Waals surface area contributed by atoms with Gasteiger partial charge in [-0.15, -0.1) is 24.8 Å². The maximum absolute atomic E-state index is 12.7. The minimum atomic E-state index is -0.0401. The third-order valence-corrected chi connectivity index (χ3v) is 5.04. The van der Waals surface area contributed by atoms with Crippen LogP contribution < -0.4 is 5.32 Å². The van der Waals surface area contributed by atoms with Crippen LogP contribution in [0.2, 0.25) is 5.02 Å². The van der Waals surface area contributed by atoms with Crippen molar-refractivity contribution in [2.45, 2.75) is 27.3 Å². The molecule has 0 radical (unpaired) electrons. The minimum Gasteiger partial charge on any atom is -0.323 e. The number of hydrogen-bond acceptors (Lipinski definition) is 3. The number of nitrogens with one attached hydrogen (secondary N) is 1. The number of amides is 1. The molecule has 0 saturated carbocycles. The fourth-order valence-electron chi connectivity index (χ4n) is 3.05. The Morgan fingerprint density at radius 2 is 1.55 bits per heavy atom. The number of aryl methyl sites for hydroxylation is 1. The van der Waals surface area contributed by atoms with Crippen LogP contribution in [0.15, 0.2) is 48.5 Å². The average Bonchev–Trinajstić information content (AvgIpc) is 2.66. The predicted molar refractivity (Wildman–Crippen MR) is 129 cm³/mol. The lowest BCUT2D eigenvalue weighted by molar-refractivity contribution is -0.117. The van der Waals surface area contributed by atoms with Crippen LogP contribution in [0.1, 0.15) is 25.0 Å². The molecule has 7 heteroatoms. The summed E-state index contributed by atoms with van der Waals surface area (Å²) < 4.78 is 0. The highest BCUT2D eigenvalue weighted by atomic mass is 35.5. The summed E-state index contributed by atoms with van der Waals surface area (Å²) in [5.74, 6) is -0.0401. The smallest absolute Gasteiger partial charge is 0.238 e. The molecule has 0 heterocycles. The third-order valence-electron chi connectivity index (χ3n) is 4.73. The molecule has 162 valence electrons. The van der Waals surface area contributed by atoms with Crippen LogP contribution in [0.25, 0.3) is 0 Å². The average molecular weight is 461 g/mol. The number of benzene rings is 2. The highest BCUT2D eigenvalue weighted by Crippen LogP contribution is 2.25. The lowest BCUT2D eigenvalue weighted by Crippen LogP contribution is -2.39. The molecular weight excluding hydrogens is 429 g/mol. The first-order valence-electron chi connectivity index (χ1n) is 9.57. The number of carbonyl (C=O) groups is 1. The Labute approximate surface area is 192 Å². The van der Waals surface area contributed by atoms with Gasteiger partial charge in [-0.05, 0) is 37.2 Å². The summed E-state index contributed by atoms with van der Waals surface area (Å²) in [6.07, 6.45) is 0. The quantitative estimate of drug-likeness (QED) is 0.524. The Kier molecular flexibility index (Phi) is 14.0. The molecule has 29 heavy (non-hydrogen) atoms. The van der Waals surface area contributed by atoms with E-state index in [9.17, 15) is 4.79 Å². The zero-order chi connectivity index (χ0) is 19.6. The van der Waals surface area contributed by atoms with E-state index >= 15 is 0 Å². The fourth-order valence-corrected chi connectivity index (χ4v) is 3.32. The van der Waals surface area contributed by atoms with Gasteiger partial charge >= 0.3 is 0 Å². The van der Waals surface area contributed by atoms with Crippen molar-refractivity contribution >= 4 is 48.0 Å². The number of nitrogens with zero attached hydrogens (tertiary/aromatic N) is 2. The highest BCUT2D eigenvalue weighted by molar-refractivity contribution is 6.33. The molecule has 2 aromatic rings. The molecule has 0 aliphatic carbocycles. The molecule has 0 bridgehead atoms. The van der Waals surface area contributed by atoms with Crippen LogP contribution in [0.4, 0.5) is 5.69 Å². The fraction of sp³-hybridized carbons (Fsp3) is 0.409. The van der Waals surface area contributed by atoms with E-state index in [1.54, 1.807) is 6.07 Å². The van der Waals surface area contributed by atoms with Crippen molar-refractivity contribution in [3.05, 3.63) is 64.7 Å². The minimum absolute atomic E-state index is 0. The molecular formula is C22H32Cl3N3O. The Hall–Kier alpha value is -1.30. The molecule has 2 rings (SSSR count). The van der Waals surface area contributed by atoms with Crippen molar-refractivity contribution < 1.29 is 4.79 Å². The zero-order valence-electron chi connectivity index (χ0n) is 17.4. The van der Waals surface area contributed by atoms with Crippen molar-refractivity contribution in [2.75, 3.05) is 38.0 Å². The van der Waals surface area contributed by atoms with Crippen molar-refractivity contribution in [1.29, 1.82) is 0 Å². The van der Waals surface area contributed by atoms with Gasteiger partial charge in [0.15, 0.2) is 0 Å². The molecule has 1 amide bonds. The van der Waals surface area contributed by atoms with Crippen LogP contribution in [0.3, 0.4) is 0 Å². The lowest BCUT2D eigenvalue weighted by atomic mass is 10.2. The Bertz CT molecular complexity index is 704. The molecule has 0 fully saturated rings. The molecule has 0 spiro atoms. The van der Waals surface area contributed by atoms with Gasteiger partial charge in [-0.2, -0.15) is 0 Å².